The van der Waals surface area contributed by atoms with Gasteiger partial charge in [0.1, 0.15) is 5.82 Å². The van der Waals surface area contributed by atoms with Crippen LogP contribution in [0.25, 0.3) is 11.1 Å². The highest BCUT2D eigenvalue weighted by molar-refractivity contribution is 5.95. The summed E-state index contributed by atoms with van der Waals surface area (Å²) in [6, 6.07) is 20.4. The molecule has 2 aliphatic rings. The van der Waals surface area contributed by atoms with Gasteiger partial charge in [-0.15, -0.1) is 0 Å². The average molecular weight is 502 g/mol. The van der Waals surface area contributed by atoms with Crippen molar-refractivity contribution in [1.82, 2.24) is 15.5 Å². The van der Waals surface area contributed by atoms with Crippen LogP contribution in [-0.2, 0) is 13.0 Å². The van der Waals surface area contributed by atoms with Crippen molar-refractivity contribution in [3.8, 4) is 11.1 Å². The van der Waals surface area contributed by atoms with E-state index in [1.807, 2.05) is 36.4 Å². The molecule has 1 aliphatic heterocycles. The van der Waals surface area contributed by atoms with Gasteiger partial charge < -0.3 is 20.6 Å². The van der Waals surface area contributed by atoms with Gasteiger partial charge in [-0.1, -0.05) is 61.5 Å². The molecule has 0 aromatic heterocycles. The zero-order valence-corrected chi connectivity index (χ0v) is 21.4. The van der Waals surface area contributed by atoms with Crippen LogP contribution < -0.4 is 10.6 Å². The van der Waals surface area contributed by atoms with Crippen molar-refractivity contribution >= 4 is 5.91 Å². The number of aliphatic hydroxyl groups is 1. The Kier molecular flexibility index (Phi) is 7.99. The van der Waals surface area contributed by atoms with Crippen LogP contribution in [-0.4, -0.2) is 47.7 Å². The van der Waals surface area contributed by atoms with Gasteiger partial charge in [0.25, 0.3) is 5.91 Å². The highest BCUT2D eigenvalue weighted by Gasteiger charge is 2.33. The largest absolute Gasteiger partial charge is 0.390 e. The van der Waals surface area contributed by atoms with E-state index in [1.54, 1.807) is 6.07 Å². The Morgan fingerprint density at radius 2 is 1.92 bits per heavy atom. The molecule has 0 bridgehead atoms. The molecule has 5 nitrogen and oxygen atoms in total. The number of likely N-dealkylation sites (tertiary alicyclic amines) is 1. The van der Waals surface area contributed by atoms with Gasteiger partial charge in [0.05, 0.1) is 17.7 Å². The van der Waals surface area contributed by atoms with Gasteiger partial charge in [0, 0.05) is 19.0 Å². The van der Waals surface area contributed by atoms with E-state index in [1.165, 1.54) is 31.5 Å². The summed E-state index contributed by atoms with van der Waals surface area (Å²) < 4.78 is 14.9. The molecule has 3 aromatic rings. The first-order valence-electron chi connectivity index (χ1n) is 13.4. The molecule has 5 rings (SSSR count). The number of rotatable bonds is 9. The standard InChI is InChI=1S/C31H36FN3O2/c1-2-35-16-6-9-25(35)14-15-33-20-21-10-11-24-19-29(36)30(27(24)17-21)34-31(37)26-13-12-23(18-28(26)32)22-7-4-3-5-8-22/h3-5,7-8,10-13,17-18,25,29-30,33,36H,2,6,9,14-16,19-20H2,1H3,(H,34,37)/t25-,29-,30?/m1/s1. The maximum Gasteiger partial charge on any atom is 0.254 e. The molecule has 3 N–H and O–H groups in total. The molecule has 0 saturated carbocycles. The number of nitrogens with zero attached hydrogens (tertiary/aromatic N) is 1. The third-order valence-corrected chi connectivity index (χ3v) is 7.86. The highest BCUT2D eigenvalue weighted by Crippen LogP contribution is 2.33. The van der Waals surface area contributed by atoms with Crippen LogP contribution in [0.15, 0.2) is 66.7 Å². The van der Waals surface area contributed by atoms with Gasteiger partial charge >= 0.3 is 0 Å². The van der Waals surface area contributed by atoms with E-state index in [9.17, 15) is 14.3 Å². The molecule has 0 spiro atoms. The smallest absolute Gasteiger partial charge is 0.254 e. The fourth-order valence-electron chi connectivity index (χ4n) is 5.82. The molecule has 1 fully saturated rings. The Morgan fingerprint density at radius 3 is 2.70 bits per heavy atom. The molecule has 194 valence electrons. The molecule has 0 radical (unpaired) electrons. The molecule has 3 atom stereocenters. The van der Waals surface area contributed by atoms with Gasteiger partial charge in [-0.25, -0.2) is 4.39 Å². The van der Waals surface area contributed by atoms with Gasteiger partial charge in [-0.2, -0.15) is 0 Å². The lowest BCUT2D eigenvalue weighted by Crippen LogP contribution is -2.34. The number of carbonyl (C=O) groups is 1. The van der Waals surface area contributed by atoms with Crippen molar-refractivity contribution in [2.24, 2.45) is 0 Å². The summed E-state index contributed by atoms with van der Waals surface area (Å²) in [6.07, 6.45) is 3.45. The Balaban J connectivity index is 1.22. The van der Waals surface area contributed by atoms with E-state index in [2.05, 4.69) is 34.6 Å². The summed E-state index contributed by atoms with van der Waals surface area (Å²) in [6.45, 7) is 6.25. The second-order valence-electron chi connectivity index (χ2n) is 10.2. The minimum atomic E-state index is -0.740. The van der Waals surface area contributed by atoms with E-state index < -0.39 is 23.9 Å². The summed E-state index contributed by atoms with van der Waals surface area (Å²) >= 11 is 0. The van der Waals surface area contributed by atoms with Crippen molar-refractivity contribution in [2.45, 2.75) is 57.3 Å². The third-order valence-electron chi connectivity index (χ3n) is 7.86. The number of halogens is 1. The maximum atomic E-state index is 14.9. The summed E-state index contributed by atoms with van der Waals surface area (Å²) in [5.74, 6) is -1.09. The Morgan fingerprint density at radius 1 is 1.08 bits per heavy atom. The molecule has 1 amide bonds. The molecule has 37 heavy (non-hydrogen) atoms. The lowest BCUT2D eigenvalue weighted by atomic mass is 10.0. The van der Waals surface area contributed by atoms with Crippen molar-refractivity contribution < 1.29 is 14.3 Å². The minimum Gasteiger partial charge on any atom is -0.390 e. The first-order valence-corrected chi connectivity index (χ1v) is 13.4. The molecule has 1 unspecified atom stereocenters. The first kappa shape index (κ1) is 25.6. The molecular weight excluding hydrogens is 465 g/mol. The number of hydrogen-bond acceptors (Lipinski definition) is 4. The molecule has 1 aliphatic carbocycles. The number of hydrogen-bond donors (Lipinski definition) is 3. The fraction of sp³-hybridized carbons (Fsp3) is 0.387. The topological polar surface area (TPSA) is 64.6 Å². The highest BCUT2D eigenvalue weighted by atomic mass is 19.1. The quantitative estimate of drug-likeness (QED) is 0.367. The Hall–Kier alpha value is -3.06. The normalized spacial score (nSPS) is 21.2. The number of nitrogens with one attached hydrogen (secondary N) is 2. The first-order chi connectivity index (χ1) is 18.0. The van der Waals surface area contributed by atoms with Crippen LogP contribution in [0.2, 0.25) is 0 Å². The summed E-state index contributed by atoms with van der Waals surface area (Å²) in [4.78, 5) is 15.6. The van der Waals surface area contributed by atoms with Gasteiger partial charge in [-0.3, -0.25) is 4.79 Å². The number of aliphatic hydroxyl groups excluding tert-OH is 1. The van der Waals surface area contributed by atoms with E-state index in [0.717, 1.165) is 48.3 Å². The third kappa shape index (κ3) is 5.77. The van der Waals surface area contributed by atoms with Gasteiger partial charge in [0.15, 0.2) is 0 Å². The number of fused-ring (bicyclic) bond motifs is 1. The Labute approximate surface area is 218 Å². The van der Waals surface area contributed by atoms with Crippen LogP contribution in [0.1, 0.15) is 59.3 Å². The predicted octanol–water partition coefficient (Wildman–Crippen LogP) is 4.84. The van der Waals surface area contributed by atoms with Crippen molar-refractivity contribution in [2.75, 3.05) is 19.6 Å². The van der Waals surface area contributed by atoms with Gasteiger partial charge in [0.2, 0.25) is 0 Å². The molecule has 1 heterocycles. The van der Waals surface area contributed by atoms with Crippen molar-refractivity contribution in [3.63, 3.8) is 0 Å². The number of benzene rings is 3. The van der Waals surface area contributed by atoms with E-state index in [4.69, 9.17) is 0 Å². The Bertz CT molecular complexity index is 1230. The van der Waals surface area contributed by atoms with Crippen LogP contribution >= 0.6 is 0 Å². The second-order valence-corrected chi connectivity index (χ2v) is 10.2. The molecule has 3 aromatic carbocycles. The van der Waals surface area contributed by atoms with Crippen LogP contribution in [0.3, 0.4) is 0 Å². The second kappa shape index (κ2) is 11.5. The van der Waals surface area contributed by atoms with Crippen molar-refractivity contribution in [3.05, 3.63) is 94.8 Å². The van der Waals surface area contributed by atoms with Gasteiger partial charge in [-0.05, 0) is 78.8 Å². The number of amides is 1. The molecular formula is C31H36FN3O2. The van der Waals surface area contributed by atoms with Crippen LogP contribution in [0.4, 0.5) is 4.39 Å². The minimum absolute atomic E-state index is 0.0220. The monoisotopic (exact) mass is 501 g/mol. The average Bonchev–Trinajstić information content (AvgIpc) is 3.50. The lowest BCUT2D eigenvalue weighted by Gasteiger charge is -2.22. The van der Waals surface area contributed by atoms with E-state index >= 15 is 0 Å². The predicted molar refractivity (Wildman–Crippen MR) is 145 cm³/mol. The SMILES string of the molecule is CCN1CCC[C@@H]1CCNCc1ccc2c(c1)C(NC(=O)c1ccc(-c3ccccc3)cc1F)[C@H](O)C2. The zero-order valence-electron chi connectivity index (χ0n) is 21.4. The van der Waals surface area contributed by atoms with E-state index in [0.29, 0.717) is 18.0 Å². The molecule has 1 saturated heterocycles. The van der Waals surface area contributed by atoms with E-state index in [-0.39, 0.29) is 5.56 Å². The summed E-state index contributed by atoms with van der Waals surface area (Å²) in [7, 11) is 0. The maximum absolute atomic E-state index is 14.9. The summed E-state index contributed by atoms with van der Waals surface area (Å²) in [5.41, 5.74) is 4.63. The van der Waals surface area contributed by atoms with Crippen LogP contribution in [0, 0.1) is 5.82 Å². The summed E-state index contributed by atoms with van der Waals surface area (Å²) in [5, 5.41) is 17.2. The lowest BCUT2D eigenvalue weighted by molar-refractivity contribution is 0.0854. The molecule has 6 heteroatoms. The van der Waals surface area contributed by atoms with Crippen LogP contribution in [0.5, 0.6) is 0 Å². The zero-order chi connectivity index (χ0) is 25.8. The number of carbonyl (C=O) groups excluding carboxylic acids is 1. The fourth-order valence-corrected chi connectivity index (χ4v) is 5.82. The van der Waals surface area contributed by atoms with Crippen molar-refractivity contribution in [1.29, 1.82) is 0 Å².